The number of hydrogen-bond acceptors (Lipinski definition) is 2. The van der Waals surface area contributed by atoms with Gasteiger partial charge in [0.2, 0.25) is 0 Å². The van der Waals surface area contributed by atoms with Crippen molar-refractivity contribution in [2.24, 2.45) is 0 Å². The van der Waals surface area contributed by atoms with Crippen molar-refractivity contribution in [1.29, 1.82) is 0 Å². The van der Waals surface area contributed by atoms with Crippen LogP contribution in [0.4, 0.5) is 4.79 Å². The highest BCUT2D eigenvalue weighted by Crippen LogP contribution is 2.08. The van der Waals surface area contributed by atoms with E-state index in [0.29, 0.717) is 0 Å². The lowest BCUT2D eigenvalue weighted by Gasteiger charge is -2.17. The van der Waals surface area contributed by atoms with E-state index in [2.05, 4.69) is 10.2 Å². The molecule has 0 bridgehead atoms. The lowest BCUT2D eigenvalue weighted by atomic mass is 10.4. The van der Waals surface area contributed by atoms with Gasteiger partial charge in [-0.25, -0.2) is 4.79 Å². The topological polar surface area (TPSA) is 35.6 Å². The van der Waals surface area contributed by atoms with Crippen LogP contribution in [0.5, 0.6) is 0 Å². The fourth-order valence-electron chi connectivity index (χ4n) is 2.54. The van der Waals surface area contributed by atoms with E-state index in [1.807, 2.05) is 4.90 Å². The number of carbonyl (C=O) groups excluding carboxylic acids is 1. The Bertz CT molecular complexity index is 220. The predicted octanol–water partition coefficient (Wildman–Crippen LogP) is 1.28. The Labute approximate surface area is 98.0 Å². The SMILES string of the molecule is O=C(NCCCN1CCCC1)N1CCCC1. The summed E-state index contributed by atoms with van der Waals surface area (Å²) in [6.07, 6.45) is 6.11. The average molecular weight is 225 g/mol. The summed E-state index contributed by atoms with van der Waals surface area (Å²) in [4.78, 5) is 16.1. The van der Waals surface area contributed by atoms with Gasteiger partial charge < -0.3 is 15.1 Å². The minimum absolute atomic E-state index is 0.138. The molecule has 0 atom stereocenters. The summed E-state index contributed by atoms with van der Waals surface area (Å²) in [7, 11) is 0. The van der Waals surface area contributed by atoms with Crippen LogP contribution >= 0.6 is 0 Å². The zero-order valence-electron chi connectivity index (χ0n) is 10.1. The number of amides is 2. The van der Waals surface area contributed by atoms with Crippen LogP contribution in [0.1, 0.15) is 32.1 Å². The number of rotatable bonds is 4. The maximum absolute atomic E-state index is 11.6. The Morgan fingerprint density at radius 2 is 1.62 bits per heavy atom. The highest BCUT2D eigenvalue weighted by molar-refractivity contribution is 5.74. The first-order valence-corrected chi connectivity index (χ1v) is 6.61. The first-order valence-electron chi connectivity index (χ1n) is 6.61. The molecule has 0 aromatic rings. The quantitative estimate of drug-likeness (QED) is 0.732. The van der Waals surface area contributed by atoms with Gasteiger partial charge >= 0.3 is 6.03 Å². The molecule has 0 aliphatic carbocycles. The second kappa shape index (κ2) is 6.09. The van der Waals surface area contributed by atoms with Crippen molar-refractivity contribution in [2.45, 2.75) is 32.1 Å². The molecule has 4 nitrogen and oxygen atoms in total. The molecule has 16 heavy (non-hydrogen) atoms. The van der Waals surface area contributed by atoms with Gasteiger partial charge in [-0.1, -0.05) is 0 Å². The summed E-state index contributed by atoms with van der Waals surface area (Å²) in [6.45, 7) is 6.35. The molecule has 0 spiro atoms. The molecule has 2 aliphatic rings. The number of likely N-dealkylation sites (tertiary alicyclic amines) is 2. The fourth-order valence-corrected chi connectivity index (χ4v) is 2.54. The van der Waals surface area contributed by atoms with E-state index in [9.17, 15) is 4.79 Å². The standard InChI is InChI=1S/C12H23N3O/c16-12(15-10-3-4-11-15)13-6-5-9-14-7-1-2-8-14/h1-11H2,(H,13,16). The molecule has 4 heteroatoms. The van der Waals surface area contributed by atoms with Crippen LogP contribution in [-0.4, -0.2) is 55.1 Å². The molecule has 0 saturated carbocycles. The molecule has 0 unspecified atom stereocenters. The molecule has 0 radical (unpaired) electrons. The van der Waals surface area contributed by atoms with E-state index < -0.39 is 0 Å². The van der Waals surface area contributed by atoms with Gasteiger partial charge in [0.05, 0.1) is 0 Å². The second-order valence-electron chi connectivity index (χ2n) is 4.83. The van der Waals surface area contributed by atoms with Crippen molar-refractivity contribution in [3.05, 3.63) is 0 Å². The fraction of sp³-hybridized carbons (Fsp3) is 0.917. The summed E-state index contributed by atoms with van der Waals surface area (Å²) < 4.78 is 0. The van der Waals surface area contributed by atoms with Crippen molar-refractivity contribution >= 4 is 6.03 Å². The molecule has 1 N–H and O–H groups in total. The third-order valence-corrected chi connectivity index (χ3v) is 3.52. The van der Waals surface area contributed by atoms with Crippen molar-refractivity contribution in [2.75, 3.05) is 39.3 Å². The summed E-state index contributed by atoms with van der Waals surface area (Å²) in [5.74, 6) is 0. The lowest BCUT2D eigenvalue weighted by Crippen LogP contribution is -2.39. The van der Waals surface area contributed by atoms with Gasteiger partial charge in [0.1, 0.15) is 0 Å². The Morgan fingerprint density at radius 1 is 1.00 bits per heavy atom. The lowest BCUT2D eigenvalue weighted by molar-refractivity contribution is 0.208. The molecule has 2 aliphatic heterocycles. The number of nitrogens with zero attached hydrogens (tertiary/aromatic N) is 2. The van der Waals surface area contributed by atoms with Crippen molar-refractivity contribution < 1.29 is 4.79 Å². The van der Waals surface area contributed by atoms with Gasteiger partial charge in [-0.15, -0.1) is 0 Å². The normalized spacial score (nSPS) is 21.6. The van der Waals surface area contributed by atoms with Gasteiger partial charge in [0.25, 0.3) is 0 Å². The zero-order valence-corrected chi connectivity index (χ0v) is 10.1. The van der Waals surface area contributed by atoms with Crippen molar-refractivity contribution in [1.82, 2.24) is 15.1 Å². The molecule has 2 heterocycles. The molecule has 0 aromatic heterocycles. The number of carbonyl (C=O) groups is 1. The highest BCUT2D eigenvalue weighted by Gasteiger charge is 2.17. The molecule has 2 fully saturated rings. The van der Waals surface area contributed by atoms with Crippen LogP contribution in [0.15, 0.2) is 0 Å². The molecular formula is C12H23N3O. The van der Waals surface area contributed by atoms with E-state index in [1.54, 1.807) is 0 Å². The Hall–Kier alpha value is -0.770. The van der Waals surface area contributed by atoms with Gasteiger partial charge in [-0.05, 0) is 51.7 Å². The Kier molecular flexibility index (Phi) is 4.45. The summed E-state index contributed by atoms with van der Waals surface area (Å²) >= 11 is 0. The van der Waals surface area contributed by atoms with Crippen LogP contribution in [0, 0.1) is 0 Å². The summed E-state index contributed by atoms with van der Waals surface area (Å²) in [6, 6.07) is 0.138. The minimum Gasteiger partial charge on any atom is -0.338 e. The third-order valence-electron chi connectivity index (χ3n) is 3.52. The first kappa shape index (κ1) is 11.7. The highest BCUT2D eigenvalue weighted by atomic mass is 16.2. The van der Waals surface area contributed by atoms with Gasteiger partial charge in [-0.3, -0.25) is 0 Å². The molecular weight excluding hydrogens is 202 g/mol. The van der Waals surface area contributed by atoms with Crippen LogP contribution in [0.2, 0.25) is 0 Å². The number of hydrogen-bond donors (Lipinski definition) is 1. The maximum Gasteiger partial charge on any atom is 0.317 e. The van der Waals surface area contributed by atoms with Crippen molar-refractivity contribution in [3.8, 4) is 0 Å². The molecule has 92 valence electrons. The molecule has 2 amide bonds. The monoisotopic (exact) mass is 225 g/mol. The van der Waals surface area contributed by atoms with Gasteiger partial charge in [-0.2, -0.15) is 0 Å². The minimum atomic E-state index is 0.138. The maximum atomic E-state index is 11.6. The summed E-state index contributed by atoms with van der Waals surface area (Å²) in [5, 5.41) is 3.01. The Morgan fingerprint density at radius 3 is 2.31 bits per heavy atom. The second-order valence-corrected chi connectivity index (χ2v) is 4.83. The predicted molar refractivity (Wildman–Crippen MR) is 64.5 cm³/mol. The molecule has 0 aromatic carbocycles. The average Bonchev–Trinajstić information content (AvgIpc) is 2.96. The van der Waals surface area contributed by atoms with Gasteiger partial charge in [0.15, 0.2) is 0 Å². The van der Waals surface area contributed by atoms with Crippen molar-refractivity contribution in [3.63, 3.8) is 0 Å². The zero-order chi connectivity index (χ0) is 11.2. The van der Waals surface area contributed by atoms with E-state index in [4.69, 9.17) is 0 Å². The molecule has 2 rings (SSSR count). The van der Waals surface area contributed by atoms with Crippen LogP contribution < -0.4 is 5.32 Å². The Balaban J connectivity index is 1.51. The van der Waals surface area contributed by atoms with Crippen LogP contribution in [-0.2, 0) is 0 Å². The van der Waals surface area contributed by atoms with Gasteiger partial charge in [0, 0.05) is 19.6 Å². The molecule has 2 saturated heterocycles. The van der Waals surface area contributed by atoms with E-state index in [1.165, 1.54) is 38.8 Å². The number of nitrogens with one attached hydrogen (secondary N) is 1. The smallest absolute Gasteiger partial charge is 0.317 e. The largest absolute Gasteiger partial charge is 0.338 e. The first-order chi connectivity index (χ1) is 7.86. The van der Waals surface area contributed by atoms with Crippen LogP contribution in [0.25, 0.3) is 0 Å². The third kappa shape index (κ3) is 3.37. The van der Waals surface area contributed by atoms with Crippen LogP contribution in [0.3, 0.4) is 0 Å². The number of urea groups is 1. The summed E-state index contributed by atoms with van der Waals surface area (Å²) in [5.41, 5.74) is 0. The van der Waals surface area contributed by atoms with E-state index in [-0.39, 0.29) is 6.03 Å². The van der Waals surface area contributed by atoms with E-state index in [0.717, 1.165) is 32.6 Å². The van der Waals surface area contributed by atoms with E-state index >= 15 is 0 Å².